The summed E-state index contributed by atoms with van der Waals surface area (Å²) >= 11 is 0. The monoisotopic (exact) mass is 277 g/mol. The molecule has 0 saturated heterocycles. The van der Waals surface area contributed by atoms with Crippen LogP contribution in [0.25, 0.3) is 0 Å². The Hall–Kier alpha value is -1.35. The lowest BCUT2D eigenvalue weighted by atomic mass is 10.0. The molecule has 1 aromatic rings. The number of hydrogen-bond donors (Lipinski definition) is 1. The number of hydrogen-bond acceptors (Lipinski definition) is 2. The van der Waals surface area contributed by atoms with E-state index in [4.69, 9.17) is 5.11 Å². The zero-order valence-corrected chi connectivity index (χ0v) is 12.9. The normalized spacial score (nSPS) is 11.8. The minimum Gasteiger partial charge on any atom is -0.481 e. The van der Waals surface area contributed by atoms with Crippen molar-refractivity contribution < 1.29 is 9.90 Å². The summed E-state index contributed by atoms with van der Waals surface area (Å²) in [5.41, 5.74) is 1.41. The molecule has 0 fully saturated rings. The van der Waals surface area contributed by atoms with Gasteiger partial charge in [-0.05, 0) is 52.1 Å². The van der Waals surface area contributed by atoms with Gasteiger partial charge in [-0.15, -0.1) is 0 Å². The number of aliphatic carboxylic acids is 1. The molecule has 0 aliphatic rings. The van der Waals surface area contributed by atoms with Crippen molar-refractivity contribution in [3.8, 4) is 0 Å². The van der Waals surface area contributed by atoms with Gasteiger partial charge < -0.3 is 5.11 Å². The molecule has 1 aromatic carbocycles. The third-order valence-corrected chi connectivity index (χ3v) is 3.53. The second-order valence-electron chi connectivity index (χ2n) is 6.24. The van der Waals surface area contributed by atoms with Crippen molar-refractivity contribution in [2.75, 3.05) is 13.1 Å². The van der Waals surface area contributed by atoms with Crippen molar-refractivity contribution in [1.29, 1.82) is 0 Å². The van der Waals surface area contributed by atoms with Crippen LogP contribution in [0.5, 0.6) is 0 Å². The van der Waals surface area contributed by atoms with E-state index in [0.717, 1.165) is 25.8 Å². The van der Waals surface area contributed by atoms with Crippen LogP contribution < -0.4 is 0 Å². The summed E-state index contributed by atoms with van der Waals surface area (Å²) in [6, 6.07) is 10.5. The summed E-state index contributed by atoms with van der Waals surface area (Å²) in [4.78, 5) is 13.0. The number of carbonyl (C=O) groups is 1. The zero-order chi connectivity index (χ0) is 15.0. The third-order valence-electron chi connectivity index (χ3n) is 3.53. The third kappa shape index (κ3) is 6.71. The fourth-order valence-electron chi connectivity index (χ4n) is 2.29. The summed E-state index contributed by atoms with van der Waals surface area (Å²) in [6.07, 6.45) is 3.56. The Balaban J connectivity index is 2.33. The summed E-state index contributed by atoms with van der Waals surface area (Å²) in [5, 5.41) is 8.82. The van der Waals surface area contributed by atoms with Crippen LogP contribution in [-0.2, 0) is 11.2 Å². The maximum absolute atomic E-state index is 10.7. The molecule has 0 saturated carbocycles. The zero-order valence-electron chi connectivity index (χ0n) is 12.9. The standard InChI is InChI=1S/C17H27NO2/c1-17(2,3)18(14-12-16(19)20)13-8-7-11-15-9-5-4-6-10-15/h4-6,9-10H,7-8,11-14H2,1-3H3,(H,19,20). The first kappa shape index (κ1) is 16.7. The van der Waals surface area contributed by atoms with Gasteiger partial charge in [0.15, 0.2) is 0 Å². The molecule has 0 bridgehead atoms. The molecule has 0 atom stereocenters. The molecule has 1 rings (SSSR count). The van der Waals surface area contributed by atoms with Crippen LogP contribution in [-0.4, -0.2) is 34.6 Å². The Morgan fingerprint density at radius 2 is 1.75 bits per heavy atom. The molecule has 0 aromatic heterocycles. The average molecular weight is 277 g/mol. The number of benzene rings is 1. The van der Waals surface area contributed by atoms with Gasteiger partial charge in [0.05, 0.1) is 6.42 Å². The van der Waals surface area contributed by atoms with Gasteiger partial charge >= 0.3 is 5.97 Å². The maximum atomic E-state index is 10.7. The molecule has 0 amide bonds. The van der Waals surface area contributed by atoms with Gasteiger partial charge in [-0.1, -0.05) is 30.3 Å². The van der Waals surface area contributed by atoms with E-state index in [1.165, 1.54) is 5.56 Å². The Morgan fingerprint density at radius 3 is 2.30 bits per heavy atom. The fourth-order valence-corrected chi connectivity index (χ4v) is 2.29. The molecule has 0 spiro atoms. The largest absolute Gasteiger partial charge is 0.481 e. The van der Waals surface area contributed by atoms with Gasteiger partial charge in [0, 0.05) is 12.1 Å². The second kappa shape index (κ2) is 8.05. The van der Waals surface area contributed by atoms with Crippen LogP contribution in [0, 0.1) is 0 Å². The van der Waals surface area contributed by atoms with Gasteiger partial charge in [-0.3, -0.25) is 9.69 Å². The van der Waals surface area contributed by atoms with Gasteiger partial charge in [0.25, 0.3) is 0 Å². The van der Waals surface area contributed by atoms with Crippen molar-refractivity contribution in [2.45, 2.75) is 52.0 Å². The first-order chi connectivity index (χ1) is 9.39. The topological polar surface area (TPSA) is 40.5 Å². The molecule has 0 radical (unpaired) electrons. The van der Waals surface area contributed by atoms with E-state index in [2.05, 4.69) is 49.9 Å². The van der Waals surface area contributed by atoms with Crippen molar-refractivity contribution in [2.24, 2.45) is 0 Å². The van der Waals surface area contributed by atoms with E-state index in [-0.39, 0.29) is 12.0 Å². The van der Waals surface area contributed by atoms with E-state index < -0.39 is 5.97 Å². The minimum absolute atomic E-state index is 0.0300. The highest BCUT2D eigenvalue weighted by molar-refractivity contribution is 5.66. The Labute approximate surface area is 122 Å². The molecular weight excluding hydrogens is 250 g/mol. The Morgan fingerprint density at radius 1 is 1.10 bits per heavy atom. The first-order valence-electron chi connectivity index (χ1n) is 7.40. The van der Waals surface area contributed by atoms with Crippen LogP contribution in [0.3, 0.4) is 0 Å². The number of nitrogens with zero attached hydrogens (tertiary/aromatic N) is 1. The van der Waals surface area contributed by atoms with Crippen LogP contribution in [0.1, 0.15) is 45.6 Å². The van der Waals surface area contributed by atoms with Crippen LogP contribution in [0.15, 0.2) is 30.3 Å². The molecule has 0 heterocycles. The van der Waals surface area contributed by atoms with E-state index in [1.807, 2.05) is 6.07 Å². The lowest BCUT2D eigenvalue weighted by molar-refractivity contribution is -0.137. The number of aryl methyl sites for hydroxylation is 1. The molecule has 20 heavy (non-hydrogen) atoms. The summed E-state index contributed by atoms with van der Waals surface area (Å²) in [7, 11) is 0. The summed E-state index contributed by atoms with van der Waals surface area (Å²) in [6.45, 7) is 8.03. The molecule has 1 N–H and O–H groups in total. The van der Waals surface area contributed by atoms with Gasteiger partial charge in [-0.25, -0.2) is 0 Å². The minimum atomic E-state index is -0.719. The maximum Gasteiger partial charge on any atom is 0.304 e. The summed E-state index contributed by atoms with van der Waals surface area (Å²) in [5.74, 6) is -0.719. The quantitative estimate of drug-likeness (QED) is 0.738. The SMILES string of the molecule is CC(C)(C)N(CCCCc1ccccc1)CCC(=O)O. The van der Waals surface area contributed by atoms with Crippen LogP contribution in [0.4, 0.5) is 0 Å². The lowest BCUT2D eigenvalue weighted by Crippen LogP contribution is -2.43. The van der Waals surface area contributed by atoms with Crippen LogP contribution >= 0.6 is 0 Å². The predicted molar refractivity (Wildman–Crippen MR) is 83.0 cm³/mol. The van der Waals surface area contributed by atoms with Crippen molar-refractivity contribution in [3.05, 3.63) is 35.9 Å². The molecule has 3 nitrogen and oxygen atoms in total. The second-order valence-corrected chi connectivity index (χ2v) is 6.24. The van der Waals surface area contributed by atoms with Crippen molar-refractivity contribution in [3.63, 3.8) is 0 Å². The van der Waals surface area contributed by atoms with Gasteiger partial charge in [0.2, 0.25) is 0 Å². The van der Waals surface area contributed by atoms with Crippen molar-refractivity contribution >= 4 is 5.97 Å². The van der Waals surface area contributed by atoms with E-state index in [0.29, 0.717) is 6.54 Å². The fraction of sp³-hybridized carbons (Fsp3) is 0.588. The first-order valence-corrected chi connectivity index (χ1v) is 7.40. The molecule has 3 heteroatoms. The van der Waals surface area contributed by atoms with Gasteiger partial charge in [0.1, 0.15) is 0 Å². The highest BCUT2D eigenvalue weighted by Crippen LogP contribution is 2.15. The summed E-state index contributed by atoms with van der Waals surface area (Å²) < 4.78 is 0. The van der Waals surface area contributed by atoms with E-state index in [9.17, 15) is 4.79 Å². The number of unbranched alkanes of at least 4 members (excludes halogenated alkanes) is 1. The highest BCUT2D eigenvalue weighted by Gasteiger charge is 2.21. The van der Waals surface area contributed by atoms with Crippen molar-refractivity contribution in [1.82, 2.24) is 4.90 Å². The number of carboxylic acids is 1. The Kier molecular flexibility index (Phi) is 6.73. The molecule has 0 aliphatic carbocycles. The lowest BCUT2D eigenvalue weighted by Gasteiger charge is -2.35. The molecular formula is C17H27NO2. The smallest absolute Gasteiger partial charge is 0.304 e. The Bertz CT molecular complexity index is 395. The number of carboxylic acid groups (broad SMARTS) is 1. The molecule has 112 valence electrons. The highest BCUT2D eigenvalue weighted by atomic mass is 16.4. The molecule has 0 unspecified atom stereocenters. The predicted octanol–water partition coefficient (Wildman–Crippen LogP) is 3.58. The number of rotatable bonds is 8. The van der Waals surface area contributed by atoms with Gasteiger partial charge in [-0.2, -0.15) is 0 Å². The molecule has 0 aliphatic heterocycles. The van der Waals surface area contributed by atoms with E-state index >= 15 is 0 Å². The van der Waals surface area contributed by atoms with Crippen LogP contribution in [0.2, 0.25) is 0 Å². The van der Waals surface area contributed by atoms with E-state index in [1.54, 1.807) is 0 Å². The average Bonchev–Trinajstić information content (AvgIpc) is 2.37.